The van der Waals surface area contributed by atoms with Crippen molar-refractivity contribution < 1.29 is 9.18 Å². The van der Waals surface area contributed by atoms with E-state index in [0.717, 1.165) is 24.8 Å². The largest absolute Gasteiger partial charge is 0.313 e. The fourth-order valence-electron chi connectivity index (χ4n) is 1.76. The van der Waals surface area contributed by atoms with Crippen molar-refractivity contribution in [3.8, 4) is 0 Å². The van der Waals surface area contributed by atoms with Crippen LogP contribution in [-0.4, -0.2) is 13.0 Å². The predicted octanol–water partition coefficient (Wildman–Crippen LogP) is 2.76. The molecule has 1 aromatic carbocycles. The average molecular weight is 221 g/mol. The standard InChI is InChI=1S/C13H16FNO/c1-3-9-4-7-11(14)12(8-9)15(2)13(16)10-5-6-10/h4,7-8,10H,3,5-6H2,1-2H3. The second-order valence-electron chi connectivity index (χ2n) is 4.31. The van der Waals surface area contributed by atoms with Crippen molar-refractivity contribution in [1.29, 1.82) is 0 Å². The van der Waals surface area contributed by atoms with Gasteiger partial charge in [0.25, 0.3) is 0 Å². The molecule has 0 N–H and O–H groups in total. The van der Waals surface area contributed by atoms with Crippen molar-refractivity contribution in [3.05, 3.63) is 29.6 Å². The van der Waals surface area contributed by atoms with E-state index in [2.05, 4.69) is 0 Å². The summed E-state index contributed by atoms with van der Waals surface area (Å²) >= 11 is 0. The molecule has 3 heteroatoms. The molecule has 0 unspecified atom stereocenters. The molecule has 1 aromatic rings. The average Bonchev–Trinajstić information content (AvgIpc) is 3.12. The number of amides is 1. The maximum Gasteiger partial charge on any atom is 0.229 e. The van der Waals surface area contributed by atoms with Crippen LogP contribution in [-0.2, 0) is 11.2 Å². The molecule has 0 aromatic heterocycles. The summed E-state index contributed by atoms with van der Waals surface area (Å²) < 4.78 is 13.6. The number of benzene rings is 1. The monoisotopic (exact) mass is 221 g/mol. The molecule has 1 fully saturated rings. The number of hydrogen-bond donors (Lipinski definition) is 0. The van der Waals surface area contributed by atoms with Gasteiger partial charge in [-0.15, -0.1) is 0 Å². The molecule has 2 nitrogen and oxygen atoms in total. The Morgan fingerprint density at radius 2 is 2.19 bits per heavy atom. The smallest absolute Gasteiger partial charge is 0.229 e. The summed E-state index contributed by atoms with van der Waals surface area (Å²) in [6.45, 7) is 2.01. The Hall–Kier alpha value is -1.38. The minimum absolute atomic E-state index is 0.0344. The first kappa shape index (κ1) is 11.1. The van der Waals surface area contributed by atoms with E-state index in [9.17, 15) is 9.18 Å². The summed E-state index contributed by atoms with van der Waals surface area (Å²) in [5, 5.41) is 0. The molecule has 0 heterocycles. The molecule has 0 bridgehead atoms. The molecule has 2 rings (SSSR count). The Balaban J connectivity index is 2.26. The van der Waals surface area contributed by atoms with E-state index >= 15 is 0 Å². The molecule has 0 saturated heterocycles. The quantitative estimate of drug-likeness (QED) is 0.768. The maximum atomic E-state index is 13.6. The Kier molecular flexibility index (Phi) is 2.95. The molecule has 1 amide bonds. The number of anilines is 1. The van der Waals surface area contributed by atoms with Gasteiger partial charge in [0.15, 0.2) is 0 Å². The van der Waals surface area contributed by atoms with Crippen LogP contribution in [0.1, 0.15) is 25.3 Å². The third kappa shape index (κ3) is 2.08. The van der Waals surface area contributed by atoms with Gasteiger partial charge in [-0.3, -0.25) is 4.79 Å². The number of carbonyl (C=O) groups excluding carboxylic acids is 1. The van der Waals surface area contributed by atoms with E-state index in [1.165, 1.54) is 11.0 Å². The van der Waals surface area contributed by atoms with Gasteiger partial charge < -0.3 is 4.90 Å². The Bertz CT molecular complexity index is 412. The number of carbonyl (C=O) groups is 1. The third-order valence-corrected chi connectivity index (χ3v) is 3.04. The Morgan fingerprint density at radius 3 is 2.75 bits per heavy atom. The summed E-state index contributed by atoms with van der Waals surface area (Å²) in [7, 11) is 1.65. The molecule has 0 aliphatic heterocycles. The van der Waals surface area contributed by atoms with E-state index in [-0.39, 0.29) is 17.6 Å². The summed E-state index contributed by atoms with van der Waals surface area (Å²) in [4.78, 5) is 13.3. The van der Waals surface area contributed by atoms with Crippen LogP contribution in [0.25, 0.3) is 0 Å². The van der Waals surface area contributed by atoms with E-state index in [1.54, 1.807) is 19.2 Å². The van der Waals surface area contributed by atoms with Crippen LogP contribution in [0.3, 0.4) is 0 Å². The van der Waals surface area contributed by atoms with E-state index in [0.29, 0.717) is 5.69 Å². The fraction of sp³-hybridized carbons (Fsp3) is 0.462. The van der Waals surface area contributed by atoms with Gasteiger partial charge in [0.2, 0.25) is 5.91 Å². The van der Waals surface area contributed by atoms with Crippen LogP contribution in [0.15, 0.2) is 18.2 Å². The van der Waals surface area contributed by atoms with Crippen molar-refractivity contribution in [1.82, 2.24) is 0 Å². The van der Waals surface area contributed by atoms with Crippen LogP contribution >= 0.6 is 0 Å². The first-order chi connectivity index (χ1) is 7.63. The van der Waals surface area contributed by atoms with Gasteiger partial charge in [-0.05, 0) is 37.0 Å². The second-order valence-corrected chi connectivity index (χ2v) is 4.31. The molecule has 16 heavy (non-hydrogen) atoms. The number of nitrogens with zero attached hydrogens (tertiary/aromatic N) is 1. The number of aryl methyl sites for hydroxylation is 1. The third-order valence-electron chi connectivity index (χ3n) is 3.04. The number of halogens is 1. The maximum absolute atomic E-state index is 13.6. The van der Waals surface area contributed by atoms with E-state index in [1.807, 2.05) is 6.92 Å². The molecule has 1 aliphatic rings. The van der Waals surface area contributed by atoms with E-state index < -0.39 is 0 Å². The molecular weight excluding hydrogens is 205 g/mol. The number of rotatable bonds is 3. The van der Waals surface area contributed by atoms with Gasteiger partial charge in [0.1, 0.15) is 5.82 Å². The summed E-state index contributed by atoms with van der Waals surface area (Å²) in [6.07, 6.45) is 2.73. The highest BCUT2D eigenvalue weighted by molar-refractivity contribution is 5.96. The van der Waals surface area contributed by atoms with Gasteiger partial charge >= 0.3 is 0 Å². The van der Waals surface area contributed by atoms with E-state index in [4.69, 9.17) is 0 Å². The highest BCUT2D eigenvalue weighted by atomic mass is 19.1. The molecule has 0 atom stereocenters. The van der Waals surface area contributed by atoms with Crippen LogP contribution in [0.2, 0.25) is 0 Å². The second kappa shape index (κ2) is 4.24. The predicted molar refractivity (Wildman–Crippen MR) is 61.9 cm³/mol. The zero-order chi connectivity index (χ0) is 11.7. The molecule has 0 spiro atoms. The summed E-state index contributed by atoms with van der Waals surface area (Å²) in [5.41, 5.74) is 1.45. The van der Waals surface area contributed by atoms with Gasteiger partial charge in [-0.25, -0.2) is 4.39 Å². The lowest BCUT2D eigenvalue weighted by Gasteiger charge is -2.18. The summed E-state index contributed by atoms with van der Waals surface area (Å²) in [5.74, 6) is -0.171. The van der Waals surface area contributed by atoms with Crippen LogP contribution < -0.4 is 4.90 Å². The zero-order valence-electron chi connectivity index (χ0n) is 9.66. The van der Waals surface area contributed by atoms with Crippen LogP contribution in [0, 0.1) is 11.7 Å². The topological polar surface area (TPSA) is 20.3 Å². The highest BCUT2D eigenvalue weighted by Gasteiger charge is 2.33. The Morgan fingerprint density at radius 1 is 1.50 bits per heavy atom. The van der Waals surface area contributed by atoms with Crippen LogP contribution in [0.5, 0.6) is 0 Å². The molecular formula is C13H16FNO. The first-order valence-corrected chi connectivity index (χ1v) is 5.69. The Labute approximate surface area is 95.1 Å². The fourth-order valence-corrected chi connectivity index (χ4v) is 1.76. The lowest BCUT2D eigenvalue weighted by atomic mass is 10.1. The minimum Gasteiger partial charge on any atom is -0.313 e. The molecule has 0 radical (unpaired) electrons. The molecule has 1 saturated carbocycles. The summed E-state index contributed by atoms with van der Waals surface area (Å²) in [6, 6.07) is 4.95. The van der Waals surface area contributed by atoms with Crippen LogP contribution in [0.4, 0.5) is 10.1 Å². The molecule has 86 valence electrons. The molecule has 1 aliphatic carbocycles. The van der Waals surface area contributed by atoms with Crippen molar-refractivity contribution in [3.63, 3.8) is 0 Å². The SMILES string of the molecule is CCc1ccc(F)c(N(C)C(=O)C2CC2)c1. The zero-order valence-corrected chi connectivity index (χ0v) is 9.66. The van der Waals surface area contributed by atoms with Gasteiger partial charge in [0.05, 0.1) is 5.69 Å². The normalized spacial score (nSPS) is 14.9. The highest BCUT2D eigenvalue weighted by Crippen LogP contribution is 2.33. The number of hydrogen-bond acceptors (Lipinski definition) is 1. The lowest BCUT2D eigenvalue weighted by Crippen LogP contribution is -2.28. The first-order valence-electron chi connectivity index (χ1n) is 5.69. The minimum atomic E-state index is -0.325. The lowest BCUT2D eigenvalue weighted by molar-refractivity contribution is -0.119. The van der Waals surface area contributed by atoms with Crippen molar-refractivity contribution in [2.75, 3.05) is 11.9 Å². The van der Waals surface area contributed by atoms with Gasteiger partial charge in [-0.1, -0.05) is 13.0 Å². The van der Waals surface area contributed by atoms with Gasteiger partial charge in [0, 0.05) is 13.0 Å². The van der Waals surface area contributed by atoms with Gasteiger partial charge in [-0.2, -0.15) is 0 Å². The van der Waals surface area contributed by atoms with Crippen molar-refractivity contribution in [2.45, 2.75) is 26.2 Å². The van der Waals surface area contributed by atoms with Crippen molar-refractivity contribution in [2.24, 2.45) is 5.92 Å². The van der Waals surface area contributed by atoms with Crippen molar-refractivity contribution >= 4 is 11.6 Å².